The smallest absolute Gasteiger partial charge is 0.243 e. The largest absolute Gasteiger partial charge is 0.489 e. The van der Waals surface area contributed by atoms with Crippen molar-refractivity contribution >= 4 is 11.8 Å². The highest BCUT2D eigenvalue weighted by Crippen LogP contribution is 2.34. The number of ether oxygens (including phenoxy) is 2. The SMILES string of the molecule is O=C1CCC(N2Cc3ccc(O[C@H]4CCCC[C@H]4N4CC(OCc5ccccc5)C4)cc3C2)C(=O)N1. The third-order valence-electron chi connectivity index (χ3n) is 8.20. The van der Waals surface area contributed by atoms with Crippen LogP contribution >= 0.6 is 0 Å². The highest BCUT2D eigenvalue weighted by Gasteiger charge is 2.39. The van der Waals surface area contributed by atoms with Gasteiger partial charge >= 0.3 is 0 Å². The number of nitrogens with one attached hydrogen (secondary N) is 1. The minimum absolute atomic E-state index is 0.165. The Bertz CT molecular complexity index is 1100. The van der Waals surface area contributed by atoms with Crippen molar-refractivity contribution in [1.82, 2.24) is 15.1 Å². The number of likely N-dealkylation sites (tertiary alicyclic amines) is 1. The second kappa shape index (κ2) is 10.3. The van der Waals surface area contributed by atoms with E-state index in [4.69, 9.17) is 9.47 Å². The summed E-state index contributed by atoms with van der Waals surface area (Å²) >= 11 is 0. The van der Waals surface area contributed by atoms with Gasteiger partial charge in [-0.3, -0.25) is 24.7 Å². The molecular formula is C29H35N3O4. The second-order valence-electron chi connectivity index (χ2n) is 10.7. The summed E-state index contributed by atoms with van der Waals surface area (Å²) in [5, 5.41) is 2.49. The van der Waals surface area contributed by atoms with Crippen molar-refractivity contribution in [3.63, 3.8) is 0 Å². The average molecular weight is 490 g/mol. The number of hydrogen-bond acceptors (Lipinski definition) is 6. The molecule has 1 aliphatic carbocycles. The van der Waals surface area contributed by atoms with Gasteiger partial charge in [-0.1, -0.05) is 42.8 Å². The monoisotopic (exact) mass is 489 g/mol. The van der Waals surface area contributed by atoms with Gasteiger partial charge in [-0.25, -0.2) is 0 Å². The van der Waals surface area contributed by atoms with E-state index in [0.29, 0.717) is 31.6 Å². The number of carbonyl (C=O) groups is 2. The summed E-state index contributed by atoms with van der Waals surface area (Å²) in [5.41, 5.74) is 3.69. The Morgan fingerprint density at radius 1 is 0.889 bits per heavy atom. The average Bonchev–Trinajstić information content (AvgIpc) is 3.28. The quantitative estimate of drug-likeness (QED) is 0.602. The maximum Gasteiger partial charge on any atom is 0.243 e. The molecule has 7 heteroatoms. The van der Waals surface area contributed by atoms with Gasteiger partial charge in [-0.15, -0.1) is 0 Å². The predicted octanol–water partition coefficient (Wildman–Crippen LogP) is 3.40. The van der Waals surface area contributed by atoms with E-state index < -0.39 is 0 Å². The number of rotatable bonds is 7. The van der Waals surface area contributed by atoms with Crippen molar-refractivity contribution in [2.24, 2.45) is 0 Å². The number of fused-ring (bicyclic) bond motifs is 1. The molecule has 0 spiro atoms. The van der Waals surface area contributed by atoms with Crippen molar-refractivity contribution in [3.05, 3.63) is 65.2 Å². The van der Waals surface area contributed by atoms with Crippen molar-refractivity contribution in [2.75, 3.05) is 13.1 Å². The van der Waals surface area contributed by atoms with Crippen molar-refractivity contribution in [2.45, 2.75) is 82.5 Å². The zero-order valence-corrected chi connectivity index (χ0v) is 20.7. The maximum absolute atomic E-state index is 12.3. The zero-order valence-electron chi connectivity index (χ0n) is 20.7. The Balaban J connectivity index is 1.04. The fraction of sp³-hybridized carbons (Fsp3) is 0.517. The van der Waals surface area contributed by atoms with Crippen LogP contribution in [0.25, 0.3) is 0 Å². The molecule has 190 valence electrons. The summed E-state index contributed by atoms with van der Waals surface area (Å²) in [5.74, 6) is 0.594. The molecular weight excluding hydrogens is 454 g/mol. The van der Waals surface area contributed by atoms with Gasteiger partial charge in [0.15, 0.2) is 0 Å². The fourth-order valence-electron chi connectivity index (χ4n) is 6.16. The number of amides is 2. The molecule has 3 aliphatic heterocycles. The first-order valence-corrected chi connectivity index (χ1v) is 13.4. The minimum Gasteiger partial charge on any atom is -0.489 e. The lowest BCUT2D eigenvalue weighted by Crippen LogP contribution is -2.61. The van der Waals surface area contributed by atoms with E-state index in [9.17, 15) is 9.59 Å². The third kappa shape index (κ3) is 5.05. The molecule has 0 radical (unpaired) electrons. The Hall–Kier alpha value is -2.74. The van der Waals surface area contributed by atoms with Gasteiger partial charge < -0.3 is 9.47 Å². The van der Waals surface area contributed by atoms with Crippen LogP contribution in [0.15, 0.2) is 48.5 Å². The van der Waals surface area contributed by atoms with Crippen molar-refractivity contribution < 1.29 is 19.1 Å². The highest BCUT2D eigenvalue weighted by atomic mass is 16.5. The van der Waals surface area contributed by atoms with Crippen LogP contribution < -0.4 is 10.1 Å². The fourth-order valence-corrected chi connectivity index (χ4v) is 6.16. The van der Waals surface area contributed by atoms with Gasteiger partial charge in [0.05, 0.1) is 18.8 Å². The lowest BCUT2D eigenvalue weighted by molar-refractivity contribution is -0.137. The first kappa shape index (κ1) is 23.6. The van der Waals surface area contributed by atoms with Crippen LogP contribution in [0.1, 0.15) is 55.2 Å². The van der Waals surface area contributed by atoms with Gasteiger partial charge in [0.25, 0.3) is 0 Å². The van der Waals surface area contributed by atoms with Crippen LogP contribution in [0, 0.1) is 0 Å². The third-order valence-corrected chi connectivity index (χ3v) is 8.20. The van der Waals surface area contributed by atoms with Crippen LogP contribution in [0.3, 0.4) is 0 Å². The van der Waals surface area contributed by atoms with Gasteiger partial charge in [-0.05, 0) is 54.5 Å². The molecule has 2 amide bonds. The lowest BCUT2D eigenvalue weighted by Gasteiger charge is -2.48. The number of hydrogen-bond donors (Lipinski definition) is 1. The first-order chi connectivity index (χ1) is 17.6. The molecule has 2 aromatic rings. The second-order valence-corrected chi connectivity index (χ2v) is 10.7. The van der Waals surface area contributed by atoms with Gasteiger partial charge in [-0.2, -0.15) is 0 Å². The van der Waals surface area contributed by atoms with Gasteiger partial charge in [0, 0.05) is 38.6 Å². The molecule has 1 N–H and O–H groups in total. The standard InChI is InChI=1S/C29H35N3O4/c33-28-13-12-26(29(34)30-28)31-15-21-10-11-23(14-22(21)16-31)36-27-9-5-4-8-25(27)32-17-24(18-32)35-19-20-6-2-1-3-7-20/h1-3,6-7,10-11,14,24-27H,4-5,8-9,12-13,15-19H2,(H,30,33,34)/t25-,26?,27+/m1/s1. The zero-order chi connectivity index (χ0) is 24.5. The van der Waals surface area contributed by atoms with E-state index in [-0.39, 0.29) is 24.0 Å². The molecule has 4 aliphatic rings. The number of benzene rings is 2. The van der Waals surface area contributed by atoms with Crippen LogP contribution in [-0.2, 0) is 34.0 Å². The molecule has 7 nitrogen and oxygen atoms in total. The maximum atomic E-state index is 12.3. The van der Waals surface area contributed by atoms with Crippen LogP contribution in [0.5, 0.6) is 5.75 Å². The Morgan fingerprint density at radius 3 is 2.53 bits per heavy atom. The van der Waals surface area contributed by atoms with Crippen LogP contribution in [0.4, 0.5) is 0 Å². The van der Waals surface area contributed by atoms with E-state index in [2.05, 4.69) is 57.6 Å². The molecule has 2 saturated heterocycles. The predicted molar refractivity (Wildman–Crippen MR) is 135 cm³/mol. The van der Waals surface area contributed by atoms with Crippen LogP contribution in [-0.4, -0.2) is 59.0 Å². The molecule has 36 heavy (non-hydrogen) atoms. The Morgan fingerprint density at radius 2 is 1.69 bits per heavy atom. The van der Waals surface area contributed by atoms with Crippen molar-refractivity contribution in [1.29, 1.82) is 0 Å². The summed E-state index contributed by atoms with van der Waals surface area (Å²) < 4.78 is 12.7. The summed E-state index contributed by atoms with van der Waals surface area (Å²) in [7, 11) is 0. The molecule has 1 saturated carbocycles. The van der Waals surface area contributed by atoms with E-state index in [0.717, 1.165) is 38.3 Å². The molecule has 0 bridgehead atoms. The molecule has 3 heterocycles. The molecule has 6 rings (SSSR count). The number of imide groups is 1. The minimum atomic E-state index is -0.231. The Labute approximate surface area is 212 Å². The number of nitrogens with zero attached hydrogens (tertiary/aromatic N) is 2. The molecule has 2 aromatic carbocycles. The van der Waals surface area contributed by atoms with E-state index in [1.165, 1.54) is 36.0 Å². The molecule has 1 unspecified atom stereocenters. The Kier molecular flexibility index (Phi) is 6.78. The normalized spacial score (nSPS) is 27.4. The van der Waals surface area contributed by atoms with E-state index >= 15 is 0 Å². The summed E-state index contributed by atoms with van der Waals surface area (Å²) in [6.07, 6.45) is 6.21. The molecule has 0 aromatic heterocycles. The summed E-state index contributed by atoms with van der Waals surface area (Å²) in [6, 6.07) is 17.0. The van der Waals surface area contributed by atoms with E-state index in [1.54, 1.807) is 0 Å². The van der Waals surface area contributed by atoms with Gasteiger partial charge in [0.2, 0.25) is 11.8 Å². The van der Waals surface area contributed by atoms with Gasteiger partial charge in [0.1, 0.15) is 11.9 Å². The van der Waals surface area contributed by atoms with E-state index in [1.807, 2.05) is 6.07 Å². The first-order valence-electron chi connectivity index (χ1n) is 13.4. The van der Waals surface area contributed by atoms with Crippen LogP contribution in [0.2, 0.25) is 0 Å². The topological polar surface area (TPSA) is 71.1 Å². The number of carbonyl (C=O) groups excluding carboxylic acids is 2. The molecule has 3 fully saturated rings. The summed E-state index contributed by atoms with van der Waals surface area (Å²) in [6.45, 7) is 4.09. The highest BCUT2D eigenvalue weighted by molar-refractivity contribution is 6.00. The molecule has 3 atom stereocenters. The van der Waals surface area contributed by atoms with Crippen molar-refractivity contribution in [3.8, 4) is 5.75 Å². The number of piperidine rings is 1. The lowest BCUT2D eigenvalue weighted by atomic mass is 9.89. The summed E-state index contributed by atoms with van der Waals surface area (Å²) in [4.78, 5) is 28.6.